The molecule has 154 valence electrons. The number of fused-ring (bicyclic) bond motifs is 1. The predicted octanol–water partition coefficient (Wildman–Crippen LogP) is 5.51. The lowest BCUT2D eigenvalue weighted by Gasteiger charge is -2.22. The van der Waals surface area contributed by atoms with Crippen LogP contribution >= 0.6 is 27.3 Å². The standard InChI is InChI=1S/C23H28BrN3OS/c1-15-11-16(2)19(17(3)12-15)14-22(28)27(10-6-9-26(4)5)23-25-20-8-7-18(24)13-21(20)29-23/h7-8,11-13H,6,9-10,14H2,1-5H3. The van der Waals surface area contributed by atoms with E-state index in [0.29, 0.717) is 13.0 Å². The van der Waals surface area contributed by atoms with Crippen LogP contribution in [0, 0.1) is 20.8 Å². The Hall–Kier alpha value is -1.76. The van der Waals surface area contributed by atoms with Crippen molar-refractivity contribution in [3.05, 3.63) is 57.1 Å². The molecule has 0 bridgehead atoms. The fourth-order valence-corrected chi connectivity index (χ4v) is 5.17. The van der Waals surface area contributed by atoms with Gasteiger partial charge in [0.1, 0.15) is 0 Å². The van der Waals surface area contributed by atoms with Crippen molar-refractivity contribution in [1.29, 1.82) is 0 Å². The minimum Gasteiger partial charge on any atom is -0.309 e. The normalized spacial score (nSPS) is 11.4. The molecule has 0 atom stereocenters. The zero-order valence-electron chi connectivity index (χ0n) is 17.8. The van der Waals surface area contributed by atoms with Crippen LogP contribution in [-0.2, 0) is 11.2 Å². The number of aromatic nitrogens is 1. The van der Waals surface area contributed by atoms with E-state index in [2.05, 4.69) is 73.9 Å². The van der Waals surface area contributed by atoms with Crippen molar-refractivity contribution in [1.82, 2.24) is 9.88 Å². The highest BCUT2D eigenvalue weighted by atomic mass is 79.9. The number of halogens is 1. The average molecular weight is 474 g/mol. The van der Waals surface area contributed by atoms with Crippen LogP contribution in [0.2, 0.25) is 0 Å². The van der Waals surface area contributed by atoms with E-state index in [4.69, 9.17) is 4.98 Å². The second-order valence-electron chi connectivity index (χ2n) is 7.86. The molecule has 0 saturated carbocycles. The number of benzene rings is 2. The highest BCUT2D eigenvalue weighted by Gasteiger charge is 2.21. The van der Waals surface area contributed by atoms with E-state index >= 15 is 0 Å². The third-order valence-corrected chi connectivity index (χ3v) is 6.56. The molecule has 1 aromatic heterocycles. The average Bonchev–Trinajstić information content (AvgIpc) is 3.03. The molecular formula is C23H28BrN3OS. The molecule has 3 rings (SSSR count). The predicted molar refractivity (Wildman–Crippen MR) is 127 cm³/mol. The van der Waals surface area contributed by atoms with E-state index in [0.717, 1.165) is 38.3 Å². The number of carbonyl (C=O) groups is 1. The van der Waals surface area contributed by atoms with Crippen LogP contribution in [0.1, 0.15) is 28.7 Å². The van der Waals surface area contributed by atoms with Crippen LogP contribution in [-0.4, -0.2) is 43.0 Å². The molecule has 0 fully saturated rings. The summed E-state index contributed by atoms with van der Waals surface area (Å²) < 4.78 is 2.11. The highest BCUT2D eigenvalue weighted by Crippen LogP contribution is 2.31. The minimum atomic E-state index is 0.108. The topological polar surface area (TPSA) is 36.4 Å². The molecule has 3 aromatic rings. The monoisotopic (exact) mass is 473 g/mol. The zero-order chi connectivity index (χ0) is 21.1. The lowest BCUT2D eigenvalue weighted by Crippen LogP contribution is -2.34. The number of anilines is 1. The first-order valence-electron chi connectivity index (χ1n) is 9.82. The van der Waals surface area contributed by atoms with Crippen LogP contribution in [0.3, 0.4) is 0 Å². The van der Waals surface area contributed by atoms with Gasteiger partial charge in [0.25, 0.3) is 0 Å². The Labute approximate surface area is 185 Å². The molecule has 1 amide bonds. The summed E-state index contributed by atoms with van der Waals surface area (Å²) in [5.74, 6) is 0.108. The van der Waals surface area contributed by atoms with Crippen molar-refractivity contribution >= 4 is 48.5 Å². The molecule has 0 N–H and O–H groups in total. The van der Waals surface area contributed by atoms with Crippen molar-refractivity contribution in [2.45, 2.75) is 33.6 Å². The Bertz CT molecular complexity index is 1010. The molecule has 0 aliphatic rings. The zero-order valence-corrected chi connectivity index (χ0v) is 20.2. The summed E-state index contributed by atoms with van der Waals surface area (Å²) in [6.07, 6.45) is 1.31. The first-order chi connectivity index (χ1) is 13.7. The van der Waals surface area contributed by atoms with Crippen LogP contribution in [0.5, 0.6) is 0 Å². The lowest BCUT2D eigenvalue weighted by atomic mass is 9.97. The van der Waals surface area contributed by atoms with Crippen LogP contribution < -0.4 is 4.90 Å². The SMILES string of the molecule is Cc1cc(C)c(CC(=O)N(CCCN(C)C)c2nc3ccc(Br)cc3s2)c(C)c1. The minimum absolute atomic E-state index is 0.108. The van der Waals surface area contributed by atoms with Gasteiger partial charge in [-0.1, -0.05) is 45.0 Å². The first kappa shape index (κ1) is 21.9. The van der Waals surface area contributed by atoms with Gasteiger partial charge in [0.05, 0.1) is 16.6 Å². The smallest absolute Gasteiger partial charge is 0.233 e. The van der Waals surface area contributed by atoms with Crippen molar-refractivity contribution in [2.24, 2.45) is 0 Å². The van der Waals surface area contributed by atoms with E-state index < -0.39 is 0 Å². The van der Waals surface area contributed by atoms with Gasteiger partial charge in [0.15, 0.2) is 5.13 Å². The maximum Gasteiger partial charge on any atom is 0.233 e. The maximum atomic E-state index is 13.4. The molecule has 0 aliphatic heterocycles. The highest BCUT2D eigenvalue weighted by molar-refractivity contribution is 9.10. The summed E-state index contributed by atoms with van der Waals surface area (Å²) in [7, 11) is 4.11. The summed E-state index contributed by atoms with van der Waals surface area (Å²) in [5, 5.41) is 0.782. The Morgan fingerprint density at radius 3 is 2.41 bits per heavy atom. The quantitative estimate of drug-likeness (QED) is 0.453. The van der Waals surface area contributed by atoms with Gasteiger partial charge in [0.2, 0.25) is 5.91 Å². The van der Waals surface area contributed by atoms with Gasteiger partial charge in [-0.2, -0.15) is 0 Å². The van der Waals surface area contributed by atoms with Gasteiger partial charge in [0, 0.05) is 11.0 Å². The largest absolute Gasteiger partial charge is 0.309 e. The molecule has 0 aliphatic carbocycles. The van der Waals surface area contributed by atoms with Gasteiger partial charge in [-0.05, 0) is 82.7 Å². The fourth-order valence-electron chi connectivity index (χ4n) is 3.61. The Morgan fingerprint density at radius 2 is 1.76 bits per heavy atom. The van der Waals surface area contributed by atoms with Crippen molar-refractivity contribution < 1.29 is 4.79 Å². The number of aryl methyl sites for hydroxylation is 3. The third-order valence-electron chi connectivity index (χ3n) is 5.03. The fraction of sp³-hybridized carbons (Fsp3) is 0.391. The molecular weight excluding hydrogens is 446 g/mol. The molecule has 1 heterocycles. The second kappa shape index (κ2) is 9.37. The molecule has 4 nitrogen and oxygen atoms in total. The van der Waals surface area contributed by atoms with Crippen LogP contribution in [0.25, 0.3) is 10.2 Å². The van der Waals surface area contributed by atoms with Crippen molar-refractivity contribution in [3.8, 4) is 0 Å². The summed E-state index contributed by atoms with van der Waals surface area (Å²) in [6.45, 7) is 7.88. The number of thiazole rings is 1. The molecule has 0 unspecified atom stereocenters. The van der Waals surface area contributed by atoms with Crippen LogP contribution in [0.15, 0.2) is 34.8 Å². The molecule has 0 radical (unpaired) electrons. The molecule has 29 heavy (non-hydrogen) atoms. The number of nitrogens with zero attached hydrogens (tertiary/aromatic N) is 3. The number of hydrogen-bond acceptors (Lipinski definition) is 4. The summed E-state index contributed by atoms with van der Waals surface area (Å²) in [4.78, 5) is 22.2. The van der Waals surface area contributed by atoms with E-state index in [1.807, 2.05) is 17.0 Å². The second-order valence-corrected chi connectivity index (χ2v) is 9.79. The summed E-state index contributed by atoms with van der Waals surface area (Å²) in [6, 6.07) is 10.4. The first-order valence-corrected chi connectivity index (χ1v) is 11.4. The van der Waals surface area contributed by atoms with E-state index in [1.165, 1.54) is 16.7 Å². The molecule has 0 saturated heterocycles. The molecule has 2 aromatic carbocycles. The Morgan fingerprint density at radius 1 is 1.07 bits per heavy atom. The number of rotatable bonds is 7. The van der Waals surface area contributed by atoms with Crippen LogP contribution in [0.4, 0.5) is 5.13 Å². The number of carbonyl (C=O) groups excluding carboxylic acids is 1. The maximum absolute atomic E-state index is 13.4. The van der Waals surface area contributed by atoms with E-state index in [1.54, 1.807) is 11.3 Å². The number of hydrogen-bond donors (Lipinski definition) is 0. The van der Waals surface area contributed by atoms with Gasteiger partial charge < -0.3 is 4.90 Å². The number of amides is 1. The Balaban J connectivity index is 1.90. The molecule has 6 heteroatoms. The lowest BCUT2D eigenvalue weighted by molar-refractivity contribution is -0.118. The van der Waals surface area contributed by atoms with Crippen molar-refractivity contribution in [3.63, 3.8) is 0 Å². The van der Waals surface area contributed by atoms with Gasteiger partial charge in [-0.3, -0.25) is 9.69 Å². The van der Waals surface area contributed by atoms with Gasteiger partial charge >= 0.3 is 0 Å². The van der Waals surface area contributed by atoms with Crippen molar-refractivity contribution in [2.75, 3.05) is 32.1 Å². The summed E-state index contributed by atoms with van der Waals surface area (Å²) >= 11 is 5.10. The third kappa shape index (κ3) is 5.44. The van der Waals surface area contributed by atoms with E-state index in [-0.39, 0.29) is 5.91 Å². The van der Waals surface area contributed by atoms with Gasteiger partial charge in [-0.25, -0.2) is 4.98 Å². The Kier molecular flexibility index (Phi) is 7.09. The molecule has 0 spiro atoms. The van der Waals surface area contributed by atoms with E-state index in [9.17, 15) is 4.79 Å². The van der Waals surface area contributed by atoms with Gasteiger partial charge in [-0.15, -0.1) is 0 Å². The summed E-state index contributed by atoms with van der Waals surface area (Å²) in [5.41, 5.74) is 5.65.